The molecular formula is C52H34N4. The summed E-state index contributed by atoms with van der Waals surface area (Å²) in [4.78, 5) is 18.9. The summed E-state index contributed by atoms with van der Waals surface area (Å²) < 4.78 is 0. The SMILES string of the molecule is c1ccc(-c2cc(-c3ccc(-c4ccc(-c5cc(-c6cccnc6)cc(-c6cccnc6)c5)cc4)cc3)c3ccc4c(-c5ccccc5)ccnc4c3n2)cc1. The second kappa shape index (κ2) is 14.3. The van der Waals surface area contributed by atoms with Crippen molar-refractivity contribution in [2.75, 3.05) is 0 Å². The Hall–Kier alpha value is -7.56. The van der Waals surface area contributed by atoms with E-state index in [4.69, 9.17) is 9.97 Å². The van der Waals surface area contributed by atoms with Crippen LogP contribution in [0.5, 0.6) is 0 Å². The molecule has 0 aliphatic carbocycles. The molecule has 0 spiro atoms. The average molecular weight is 715 g/mol. The summed E-state index contributed by atoms with van der Waals surface area (Å²) in [6.07, 6.45) is 9.34. The summed E-state index contributed by atoms with van der Waals surface area (Å²) in [7, 11) is 0. The maximum atomic E-state index is 5.27. The molecule has 4 heterocycles. The molecule has 56 heavy (non-hydrogen) atoms. The molecule has 0 unspecified atom stereocenters. The van der Waals surface area contributed by atoms with Gasteiger partial charge in [0, 0.05) is 58.4 Å². The molecule has 262 valence electrons. The zero-order chi connectivity index (χ0) is 37.3. The van der Waals surface area contributed by atoms with Crippen molar-refractivity contribution in [3.8, 4) is 78.0 Å². The van der Waals surface area contributed by atoms with Crippen LogP contribution in [0, 0.1) is 0 Å². The highest BCUT2D eigenvalue weighted by Crippen LogP contribution is 2.39. The largest absolute Gasteiger partial charge is 0.264 e. The van der Waals surface area contributed by atoms with Gasteiger partial charge in [-0.1, -0.05) is 133 Å². The zero-order valence-corrected chi connectivity index (χ0v) is 30.4. The molecule has 0 aliphatic rings. The Kier molecular flexibility index (Phi) is 8.47. The highest BCUT2D eigenvalue weighted by Gasteiger charge is 2.16. The Morgan fingerprint density at radius 1 is 0.286 bits per heavy atom. The van der Waals surface area contributed by atoms with Crippen molar-refractivity contribution in [2.24, 2.45) is 0 Å². The number of rotatable bonds is 7. The third kappa shape index (κ3) is 6.29. The van der Waals surface area contributed by atoms with Gasteiger partial charge in [-0.25, -0.2) is 4.98 Å². The number of fused-ring (bicyclic) bond motifs is 3. The first-order chi connectivity index (χ1) is 27.7. The van der Waals surface area contributed by atoms with Gasteiger partial charge in [0.05, 0.1) is 16.7 Å². The molecule has 10 aromatic rings. The maximum Gasteiger partial charge on any atom is 0.0978 e. The second-order valence-corrected chi connectivity index (χ2v) is 13.9. The Balaban J connectivity index is 1.03. The Labute approximate surface area is 325 Å². The monoisotopic (exact) mass is 714 g/mol. The van der Waals surface area contributed by atoms with Gasteiger partial charge >= 0.3 is 0 Å². The Bertz CT molecular complexity index is 2910. The normalized spacial score (nSPS) is 11.2. The molecule has 0 radical (unpaired) electrons. The molecule has 4 nitrogen and oxygen atoms in total. The molecule has 0 atom stereocenters. The van der Waals surface area contributed by atoms with Crippen LogP contribution in [-0.4, -0.2) is 19.9 Å². The van der Waals surface area contributed by atoms with Crippen LogP contribution in [0.4, 0.5) is 0 Å². The van der Waals surface area contributed by atoms with Crippen molar-refractivity contribution in [2.45, 2.75) is 0 Å². The minimum absolute atomic E-state index is 0.899. The van der Waals surface area contributed by atoms with Gasteiger partial charge in [-0.15, -0.1) is 0 Å². The quantitative estimate of drug-likeness (QED) is 0.154. The summed E-state index contributed by atoms with van der Waals surface area (Å²) >= 11 is 0. The van der Waals surface area contributed by atoms with E-state index in [-0.39, 0.29) is 0 Å². The van der Waals surface area contributed by atoms with E-state index in [1.54, 1.807) is 0 Å². The van der Waals surface area contributed by atoms with Crippen LogP contribution < -0.4 is 0 Å². The number of pyridine rings is 4. The number of benzene rings is 6. The number of nitrogens with zero attached hydrogens (tertiary/aromatic N) is 4. The fourth-order valence-corrected chi connectivity index (χ4v) is 7.66. The molecule has 0 saturated heterocycles. The highest BCUT2D eigenvalue weighted by molar-refractivity contribution is 6.12. The third-order valence-corrected chi connectivity index (χ3v) is 10.5. The lowest BCUT2D eigenvalue weighted by molar-refractivity contribution is 1.32. The molecule has 6 aromatic carbocycles. The molecule has 4 heteroatoms. The predicted molar refractivity (Wildman–Crippen MR) is 231 cm³/mol. The van der Waals surface area contributed by atoms with E-state index in [2.05, 4.69) is 162 Å². The van der Waals surface area contributed by atoms with Crippen LogP contribution in [0.3, 0.4) is 0 Å². The summed E-state index contributed by atoms with van der Waals surface area (Å²) in [6.45, 7) is 0. The van der Waals surface area contributed by atoms with Gasteiger partial charge in [0.2, 0.25) is 0 Å². The molecular weight excluding hydrogens is 681 g/mol. The molecule has 0 saturated carbocycles. The summed E-state index contributed by atoms with van der Waals surface area (Å²) in [5.74, 6) is 0. The van der Waals surface area contributed by atoms with Crippen LogP contribution in [0.15, 0.2) is 207 Å². The van der Waals surface area contributed by atoms with Crippen molar-refractivity contribution in [3.05, 3.63) is 207 Å². The second-order valence-electron chi connectivity index (χ2n) is 13.9. The van der Waals surface area contributed by atoms with E-state index < -0.39 is 0 Å². The van der Waals surface area contributed by atoms with Gasteiger partial charge in [0.15, 0.2) is 0 Å². The van der Waals surface area contributed by atoms with Crippen LogP contribution in [0.25, 0.3) is 99.8 Å². The van der Waals surface area contributed by atoms with E-state index >= 15 is 0 Å². The molecule has 0 fully saturated rings. The minimum atomic E-state index is 0.899. The molecule has 0 aliphatic heterocycles. The molecule has 4 aromatic heterocycles. The topological polar surface area (TPSA) is 51.6 Å². The fraction of sp³-hybridized carbons (Fsp3) is 0. The minimum Gasteiger partial charge on any atom is -0.264 e. The van der Waals surface area contributed by atoms with E-state index in [1.807, 2.05) is 55.2 Å². The molecule has 10 rings (SSSR count). The number of aromatic nitrogens is 4. The lowest BCUT2D eigenvalue weighted by Crippen LogP contribution is -1.93. The first-order valence-electron chi connectivity index (χ1n) is 18.8. The Morgan fingerprint density at radius 3 is 1.30 bits per heavy atom. The third-order valence-electron chi connectivity index (χ3n) is 10.5. The first kappa shape index (κ1) is 33.0. The van der Waals surface area contributed by atoms with E-state index in [0.717, 1.165) is 99.8 Å². The van der Waals surface area contributed by atoms with Gasteiger partial charge in [-0.3, -0.25) is 15.0 Å². The van der Waals surface area contributed by atoms with Crippen LogP contribution in [0.1, 0.15) is 0 Å². The van der Waals surface area contributed by atoms with Crippen molar-refractivity contribution >= 4 is 21.8 Å². The maximum absolute atomic E-state index is 5.27. The Morgan fingerprint density at radius 2 is 0.750 bits per heavy atom. The van der Waals surface area contributed by atoms with Gasteiger partial charge in [0.25, 0.3) is 0 Å². The van der Waals surface area contributed by atoms with E-state index in [1.165, 1.54) is 0 Å². The zero-order valence-electron chi connectivity index (χ0n) is 30.4. The van der Waals surface area contributed by atoms with E-state index in [0.29, 0.717) is 0 Å². The summed E-state index contributed by atoms with van der Waals surface area (Å²) in [5, 5.41) is 2.16. The molecule has 0 bridgehead atoms. The average Bonchev–Trinajstić information content (AvgIpc) is 3.29. The van der Waals surface area contributed by atoms with Gasteiger partial charge in [-0.05, 0) is 98.1 Å². The molecule has 0 N–H and O–H groups in total. The summed E-state index contributed by atoms with van der Waals surface area (Å²) in [5.41, 5.74) is 17.4. The van der Waals surface area contributed by atoms with Crippen LogP contribution in [0.2, 0.25) is 0 Å². The highest BCUT2D eigenvalue weighted by atomic mass is 14.8. The smallest absolute Gasteiger partial charge is 0.0978 e. The summed E-state index contributed by atoms with van der Waals surface area (Å²) in [6, 6.07) is 62.2. The standard InChI is InChI=1S/C52H34N4/c1-3-9-38(10-4-1)46-25-28-55-51-47(46)23-24-48-49(32-50(56-52(48)51)40-11-5-2-6-12-40)39-21-19-36(20-22-39)35-15-17-37(18-16-35)43-29-44(41-13-7-26-53-33-41)31-45(30-43)42-14-8-27-54-34-42/h1-34H. The van der Waals surface area contributed by atoms with Crippen LogP contribution in [-0.2, 0) is 0 Å². The number of hydrogen-bond donors (Lipinski definition) is 0. The van der Waals surface area contributed by atoms with Gasteiger partial charge in [0.1, 0.15) is 0 Å². The lowest BCUT2D eigenvalue weighted by atomic mass is 9.92. The fourth-order valence-electron chi connectivity index (χ4n) is 7.66. The lowest BCUT2D eigenvalue weighted by Gasteiger charge is -2.14. The van der Waals surface area contributed by atoms with Crippen molar-refractivity contribution in [1.29, 1.82) is 0 Å². The van der Waals surface area contributed by atoms with Crippen molar-refractivity contribution in [3.63, 3.8) is 0 Å². The van der Waals surface area contributed by atoms with Crippen LogP contribution >= 0.6 is 0 Å². The number of hydrogen-bond acceptors (Lipinski definition) is 4. The van der Waals surface area contributed by atoms with Crippen molar-refractivity contribution < 1.29 is 0 Å². The first-order valence-corrected chi connectivity index (χ1v) is 18.8. The van der Waals surface area contributed by atoms with Gasteiger partial charge < -0.3 is 0 Å². The molecule has 0 amide bonds. The van der Waals surface area contributed by atoms with Crippen molar-refractivity contribution in [1.82, 2.24) is 19.9 Å². The van der Waals surface area contributed by atoms with E-state index in [9.17, 15) is 0 Å². The van der Waals surface area contributed by atoms with Gasteiger partial charge in [-0.2, -0.15) is 0 Å². The predicted octanol–water partition coefficient (Wildman–Crippen LogP) is 13.2.